The van der Waals surface area contributed by atoms with E-state index in [2.05, 4.69) is 9.97 Å². The third kappa shape index (κ3) is 2.59. The summed E-state index contributed by atoms with van der Waals surface area (Å²) in [7, 11) is 0. The fourth-order valence-electron chi connectivity index (χ4n) is 1.25. The molecule has 2 aromatic rings. The molecule has 1 aromatic carbocycles. The summed E-state index contributed by atoms with van der Waals surface area (Å²) in [5, 5.41) is 9.45. The van der Waals surface area contributed by atoms with Gasteiger partial charge in [0.05, 0.1) is 6.20 Å². The van der Waals surface area contributed by atoms with E-state index in [9.17, 15) is 9.18 Å². The van der Waals surface area contributed by atoms with Gasteiger partial charge in [0.2, 0.25) is 0 Å². The van der Waals surface area contributed by atoms with Crippen LogP contribution in [0.15, 0.2) is 46.7 Å². The van der Waals surface area contributed by atoms with Crippen molar-refractivity contribution in [1.82, 2.24) is 9.97 Å². The molecule has 17 heavy (non-hydrogen) atoms. The smallest absolute Gasteiger partial charge is 0.339 e. The lowest BCUT2D eigenvalue weighted by Crippen LogP contribution is -2.02. The molecule has 0 spiro atoms. The highest BCUT2D eigenvalue weighted by Crippen LogP contribution is 2.29. The largest absolute Gasteiger partial charge is 0.478 e. The number of aromatic nitrogens is 2. The van der Waals surface area contributed by atoms with Gasteiger partial charge in [-0.1, -0.05) is 17.8 Å². The Morgan fingerprint density at radius 1 is 1.35 bits per heavy atom. The second-order valence-electron chi connectivity index (χ2n) is 3.06. The summed E-state index contributed by atoms with van der Waals surface area (Å²) in [6.07, 6.45) is 4.48. The van der Waals surface area contributed by atoms with Gasteiger partial charge in [0.1, 0.15) is 16.4 Å². The van der Waals surface area contributed by atoms with Crippen molar-refractivity contribution in [2.24, 2.45) is 0 Å². The van der Waals surface area contributed by atoms with Crippen LogP contribution in [-0.4, -0.2) is 21.0 Å². The van der Waals surface area contributed by atoms with Gasteiger partial charge in [-0.2, -0.15) is 0 Å². The van der Waals surface area contributed by atoms with Crippen molar-refractivity contribution in [1.29, 1.82) is 0 Å². The molecule has 86 valence electrons. The number of carboxylic acids is 1. The van der Waals surface area contributed by atoms with E-state index in [4.69, 9.17) is 5.11 Å². The van der Waals surface area contributed by atoms with Gasteiger partial charge in [0, 0.05) is 17.3 Å². The van der Waals surface area contributed by atoms with E-state index >= 15 is 0 Å². The lowest BCUT2D eigenvalue weighted by Gasteiger charge is -2.05. The Balaban J connectivity index is 2.40. The van der Waals surface area contributed by atoms with Crippen LogP contribution >= 0.6 is 11.8 Å². The van der Waals surface area contributed by atoms with E-state index in [0.29, 0.717) is 9.92 Å². The first-order valence-corrected chi connectivity index (χ1v) is 5.46. The number of halogens is 1. The minimum absolute atomic E-state index is 0.304. The van der Waals surface area contributed by atoms with E-state index in [1.807, 2.05) is 0 Å². The summed E-state index contributed by atoms with van der Waals surface area (Å²) >= 11 is 1.06. The van der Waals surface area contributed by atoms with E-state index in [1.165, 1.54) is 30.7 Å². The molecular formula is C11H7FN2O2S. The summed E-state index contributed by atoms with van der Waals surface area (Å²) in [6, 6.07) is 4.11. The van der Waals surface area contributed by atoms with Gasteiger partial charge in [-0.25, -0.2) is 14.2 Å². The van der Waals surface area contributed by atoms with E-state index < -0.39 is 11.8 Å². The quantitative estimate of drug-likeness (QED) is 0.906. The minimum atomic E-state index is -1.30. The van der Waals surface area contributed by atoms with Gasteiger partial charge < -0.3 is 5.11 Å². The summed E-state index contributed by atoms with van der Waals surface area (Å²) < 4.78 is 13.4. The highest BCUT2D eigenvalue weighted by molar-refractivity contribution is 7.99. The Bertz CT molecular complexity index is 548. The maximum atomic E-state index is 13.4. The van der Waals surface area contributed by atoms with Gasteiger partial charge >= 0.3 is 5.97 Å². The first kappa shape index (κ1) is 11.5. The predicted octanol–water partition coefficient (Wildman–Crippen LogP) is 2.47. The fourth-order valence-corrected chi connectivity index (χ4v) is 2.13. The maximum Gasteiger partial charge on any atom is 0.339 e. The molecule has 0 aliphatic carbocycles. The topological polar surface area (TPSA) is 63.1 Å². The number of carbonyl (C=O) groups is 1. The molecule has 0 atom stereocenters. The van der Waals surface area contributed by atoms with E-state index in [0.717, 1.165) is 17.8 Å². The van der Waals surface area contributed by atoms with Crippen LogP contribution in [0.1, 0.15) is 10.4 Å². The first-order chi connectivity index (χ1) is 8.18. The summed E-state index contributed by atoms with van der Waals surface area (Å²) in [4.78, 5) is 19.1. The molecule has 0 aliphatic heterocycles. The minimum Gasteiger partial charge on any atom is -0.478 e. The Morgan fingerprint density at radius 3 is 2.82 bits per heavy atom. The summed E-state index contributed by atoms with van der Waals surface area (Å²) in [5.74, 6) is -2.05. The second-order valence-corrected chi connectivity index (χ2v) is 4.13. The first-order valence-electron chi connectivity index (χ1n) is 4.64. The molecule has 1 heterocycles. The van der Waals surface area contributed by atoms with Gasteiger partial charge in [-0.15, -0.1) is 0 Å². The van der Waals surface area contributed by atoms with Crippen molar-refractivity contribution >= 4 is 17.7 Å². The van der Waals surface area contributed by atoms with Crippen LogP contribution in [-0.2, 0) is 0 Å². The third-order valence-electron chi connectivity index (χ3n) is 1.94. The normalized spacial score (nSPS) is 10.2. The maximum absolute atomic E-state index is 13.4. The van der Waals surface area contributed by atoms with Gasteiger partial charge in [0.15, 0.2) is 0 Å². The summed E-state index contributed by atoms with van der Waals surface area (Å²) in [6.45, 7) is 0. The molecule has 1 N–H and O–H groups in total. The SMILES string of the molecule is O=C(O)c1c(F)cccc1Sc1cnccn1. The molecule has 0 unspecified atom stereocenters. The van der Waals surface area contributed by atoms with Crippen molar-refractivity contribution in [3.8, 4) is 0 Å². The Hall–Kier alpha value is -1.95. The fraction of sp³-hybridized carbons (Fsp3) is 0. The lowest BCUT2D eigenvalue weighted by molar-refractivity contribution is 0.0688. The molecule has 0 radical (unpaired) electrons. The molecule has 0 saturated carbocycles. The monoisotopic (exact) mass is 250 g/mol. The molecule has 4 nitrogen and oxygen atoms in total. The van der Waals surface area contributed by atoms with Crippen LogP contribution in [0.3, 0.4) is 0 Å². The number of hydrogen-bond donors (Lipinski definition) is 1. The zero-order valence-electron chi connectivity index (χ0n) is 8.50. The van der Waals surface area contributed by atoms with Gasteiger partial charge in [-0.05, 0) is 12.1 Å². The lowest BCUT2D eigenvalue weighted by atomic mass is 10.2. The van der Waals surface area contributed by atoms with E-state index in [1.54, 1.807) is 0 Å². The van der Waals surface area contributed by atoms with E-state index in [-0.39, 0.29) is 5.56 Å². The number of hydrogen-bond acceptors (Lipinski definition) is 4. The molecule has 0 saturated heterocycles. The third-order valence-corrected chi connectivity index (χ3v) is 2.92. The van der Waals surface area contributed by atoms with Gasteiger partial charge in [-0.3, -0.25) is 4.98 Å². The number of aromatic carboxylic acids is 1. The Labute approximate surface area is 101 Å². The average molecular weight is 250 g/mol. The van der Waals surface area contributed by atoms with Crippen LogP contribution in [0.2, 0.25) is 0 Å². The van der Waals surface area contributed by atoms with Crippen LogP contribution in [0.5, 0.6) is 0 Å². The van der Waals surface area contributed by atoms with Crippen LogP contribution in [0, 0.1) is 5.82 Å². The van der Waals surface area contributed by atoms with Crippen molar-refractivity contribution in [3.05, 3.63) is 48.2 Å². The number of carboxylic acid groups (broad SMARTS) is 1. The van der Waals surface area contributed by atoms with Crippen molar-refractivity contribution in [2.45, 2.75) is 9.92 Å². The zero-order valence-corrected chi connectivity index (χ0v) is 9.32. The molecule has 0 bridgehead atoms. The van der Waals surface area contributed by atoms with Crippen molar-refractivity contribution in [2.75, 3.05) is 0 Å². The Kier molecular flexibility index (Phi) is 3.34. The van der Waals surface area contributed by atoms with Crippen molar-refractivity contribution in [3.63, 3.8) is 0 Å². The number of benzene rings is 1. The highest BCUT2D eigenvalue weighted by atomic mass is 32.2. The molecule has 1 aromatic heterocycles. The van der Waals surface area contributed by atoms with Crippen LogP contribution in [0.4, 0.5) is 4.39 Å². The molecule has 0 amide bonds. The summed E-state index contributed by atoms with van der Waals surface area (Å²) in [5.41, 5.74) is -0.344. The number of nitrogens with zero attached hydrogens (tertiary/aromatic N) is 2. The Morgan fingerprint density at radius 2 is 2.18 bits per heavy atom. The average Bonchev–Trinajstić information content (AvgIpc) is 2.30. The van der Waals surface area contributed by atoms with Crippen LogP contribution < -0.4 is 0 Å². The zero-order chi connectivity index (χ0) is 12.3. The molecule has 0 fully saturated rings. The standard InChI is InChI=1S/C11H7FN2O2S/c12-7-2-1-3-8(10(7)11(15)16)17-9-6-13-4-5-14-9/h1-6H,(H,15,16). The van der Waals surface area contributed by atoms with Gasteiger partial charge in [0.25, 0.3) is 0 Å². The van der Waals surface area contributed by atoms with Crippen molar-refractivity contribution < 1.29 is 14.3 Å². The number of rotatable bonds is 3. The van der Waals surface area contributed by atoms with Crippen LogP contribution in [0.25, 0.3) is 0 Å². The highest BCUT2D eigenvalue weighted by Gasteiger charge is 2.16. The predicted molar refractivity (Wildman–Crippen MR) is 59.5 cm³/mol. The molecular weight excluding hydrogens is 243 g/mol. The molecule has 6 heteroatoms. The molecule has 0 aliphatic rings. The second kappa shape index (κ2) is 4.92. The molecule has 2 rings (SSSR count).